The summed E-state index contributed by atoms with van der Waals surface area (Å²) in [7, 11) is 0. The third kappa shape index (κ3) is 3.48. The highest BCUT2D eigenvalue weighted by atomic mass is 16.2. The van der Waals surface area contributed by atoms with E-state index in [1.54, 1.807) is 0 Å². The Morgan fingerprint density at radius 1 is 1.25 bits per heavy atom. The van der Waals surface area contributed by atoms with E-state index in [2.05, 4.69) is 24.5 Å². The van der Waals surface area contributed by atoms with Gasteiger partial charge in [-0.3, -0.25) is 9.59 Å². The highest BCUT2D eigenvalue weighted by Gasteiger charge is 2.30. The van der Waals surface area contributed by atoms with Gasteiger partial charge >= 0.3 is 0 Å². The summed E-state index contributed by atoms with van der Waals surface area (Å²) in [5.41, 5.74) is 5.12. The van der Waals surface area contributed by atoms with Crippen LogP contribution in [0.4, 0.5) is 0 Å². The van der Waals surface area contributed by atoms with Crippen LogP contribution in [0.5, 0.6) is 0 Å². The van der Waals surface area contributed by atoms with Gasteiger partial charge in [-0.2, -0.15) is 0 Å². The predicted molar refractivity (Wildman–Crippen MR) is 61.6 cm³/mol. The van der Waals surface area contributed by atoms with Gasteiger partial charge in [0, 0.05) is 6.04 Å². The first kappa shape index (κ1) is 13.0. The average Bonchev–Trinajstić information content (AvgIpc) is 2.57. The molecule has 0 aromatic heterocycles. The van der Waals surface area contributed by atoms with Gasteiger partial charge < -0.3 is 16.4 Å². The first-order chi connectivity index (χ1) is 7.54. The zero-order valence-corrected chi connectivity index (χ0v) is 9.95. The zero-order valence-electron chi connectivity index (χ0n) is 9.95. The van der Waals surface area contributed by atoms with Crippen LogP contribution in [0.15, 0.2) is 0 Å². The molecule has 5 heteroatoms. The molecule has 1 rings (SSSR count). The lowest BCUT2D eigenvalue weighted by Gasteiger charge is -2.19. The number of hydrogen-bond acceptors (Lipinski definition) is 3. The molecule has 0 spiro atoms. The number of amides is 2. The fourth-order valence-corrected chi connectivity index (χ4v) is 2.08. The van der Waals surface area contributed by atoms with Crippen molar-refractivity contribution in [2.24, 2.45) is 17.6 Å². The largest absolute Gasteiger partial charge is 0.352 e. The maximum Gasteiger partial charge on any atom is 0.239 e. The molecule has 3 unspecified atom stereocenters. The van der Waals surface area contributed by atoms with Crippen molar-refractivity contribution < 1.29 is 9.59 Å². The molecule has 1 fully saturated rings. The Bertz CT molecular complexity index is 268. The van der Waals surface area contributed by atoms with Crippen LogP contribution in [0, 0.1) is 11.8 Å². The molecule has 4 N–H and O–H groups in total. The summed E-state index contributed by atoms with van der Waals surface area (Å²) in [5.74, 6) is 0.730. The van der Waals surface area contributed by atoms with Gasteiger partial charge in [0.15, 0.2) is 0 Å². The molecule has 3 atom stereocenters. The number of carbonyl (C=O) groups is 2. The Hall–Kier alpha value is -1.10. The molecule has 0 saturated heterocycles. The molecule has 0 heterocycles. The van der Waals surface area contributed by atoms with Crippen molar-refractivity contribution in [2.75, 3.05) is 13.1 Å². The minimum absolute atomic E-state index is 0.0215. The van der Waals surface area contributed by atoms with E-state index < -0.39 is 0 Å². The van der Waals surface area contributed by atoms with E-state index in [-0.39, 0.29) is 30.9 Å². The highest BCUT2D eigenvalue weighted by Crippen LogP contribution is 2.30. The summed E-state index contributed by atoms with van der Waals surface area (Å²) >= 11 is 0. The SMILES string of the molecule is CC1CCC(NC(=O)CNC(=O)CN)C1C. The van der Waals surface area contributed by atoms with E-state index >= 15 is 0 Å². The van der Waals surface area contributed by atoms with E-state index in [9.17, 15) is 9.59 Å². The third-order valence-electron chi connectivity index (χ3n) is 3.44. The van der Waals surface area contributed by atoms with Crippen molar-refractivity contribution in [1.29, 1.82) is 0 Å². The molecular formula is C11H21N3O2. The summed E-state index contributed by atoms with van der Waals surface area (Å²) < 4.78 is 0. The van der Waals surface area contributed by atoms with Crippen molar-refractivity contribution in [3.05, 3.63) is 0 Å². The van der Waals surface area contributed by atoms with Gasteiger partial charge in [-0.15, -0.1) is 0 Å². The molecule has 0 radical (unpaired) electrons. The van der Waals surface area contributed by atoms with Crippen molar-refractivity contribution in [3.63, 3.8) is 0 Å². The quantitative estimate of drug-likeness (QED) is 0.611. The van der Waals surface area contributed by atoms with E-state index in [4.69, 9.17) is 5.73 Å². The smallest absolute Gasteiger partial charge is 0.239 e. The van der Waals surface area contributed by atoms with Gasteiger partial charge in [-0.05, 0) is 24.7 Å². The van der Waals surface area contributed by atoms with Gasteiger partial charge in [0.05, 0.1) is 13.1 Å². The van der Waals surface area contributed by atoms with Crippen molar-refractivity contribution in [3.8, 4) is 0 Å². The number of nitrogens with two attached hydrogens (primary N) is 1. The van der Waals surface area contributed by atoms with Gasteiger partial charge in [0.25, 0.3) is 0 Å². The van der Waals surface area contributed by atoms with Gasteiger partial charge in [-0.25, -0.2) is 0 Å². The van der Waals surface area contributed by atoms with Crippen LogP contribution in [0.2, 0.25) is 0 Å². The third-order valence-corrected chi connectivity index (χ3v) is 3.44. The lowest BCUT2D eigenvalue weighted by atomic mass is 9.98. The van der Waals surface area contributed by atoms with E-state index in [1.807, 2.05) is 0 Å². The first-order valence-electron chi connectivity index (χ1n) is 5.80. The van der Waals surface area contributed by atoms with Gasteiger partial charge in [0.2, 0.25) is 11.8 Å². The second-order valence-corrected chi connectivity index (χ2v) is 4.57. The average molecular weight is 227 g/mol. The molecule has 0 bridgehead atoms. The van der Waals surface area contributed by atoms with Crippen LogP contribution in [-0.4, -0.2) is 30.9 Å². The minimum Gasteiger partial charge on any atom is -0.352 e. The van der Waals surface area contributed by atoms with E-state index in [1.165, 1.54) is 0 Å². The van der Waals surface area contributed by atoms with Gasteiger partial charge in [0.1, 0.15) is 0 Å². The Balaban J connectivity index is 2.27. The number of hydrogen-bond donors (Lipinski definition) is 3. The van der Waals surface area contributed by atoms with Crippen LogP contribution in [-0.2, 0) is 9.59 Å². The molecule has 0 aliphatic heterocycles. The van der Waals surface area contributed by atoms with Crippen LogP contribution in [0.3, 0.4) is 0 Å². The summed E-state index contributed by atoms with van der Waals surface area (Å²) in [6, 6.07) is 0.247. The Labute approximate surface area is 96.1 Å². The van der Waals surface area contributed by atoms with Crippen molar-refractivity contribution in [2.45, 2.75) is 32.7 Å². The molecule has 5 nitrogen and oxygen atoms in total. The molecule has 16 heavy (non-hydrogen) atoms. The number of carbonyl (C=O) groups excluding carboxylic acids is 2. The summed E-state index contributed by atoms with van der Waals surface area (Å²) in [6.07, 6.45) is 2.18. The fourth-order valence-electron chi connectivity index (χ4n) is 2.08. The van der Waals surface area contributed by atoms with Crippen LogP contribution in [0.1, 0.15) is 26.7 Å². The Morgan fingerprint density at radius 2 is 1.94 bits per heavy atom. The predicted octanol–water partition coefficient (Wildman–Crippen LogP) is -0.388. The second-order valence-electron chi connectivity index (χ2n) is 4.57. The molecule has 0 aromatic carbocycles. The molecular weight excluding hydrogens is 206 g/mol. The Kier molecular flexibility index (Phi) is 4.73. The normalized spacial score (nSPS) is 28.8. The summed E-state index contributed by atoms with van der Waals surface area (Å²) in [4.78, 5) is 22.4. The standard InChI is InChI=1S/C11H21N3O2/c1-7-3-4-9(8(7)2)14-11(16)6-13-10(15)5-12/h7-9H,3-6,12H2,1-2H3,(H,13,15)(H,14,16). The van der Waals surface area contributed by atoms with E-state index in [0.29, 0.717) is 11.8 Å². The molecule has 92 valence electrons. The van der Waals surface area contributed by atoms with Crippen LogP contribution >= 0.6 is 0 Å². The summed E-state index contributed by atoms with van der Waals surface area (Å²) in [5, 5.41) is 5.40. The number of nitrogens with one attached hydrogen (secondary N) is 2. The van der Waals surface area contributed by atoms with Crippen molar-refractivity contribution in [1.82, 2.24) is 10.6 Å². The highest BCUT2D eigenvalue weighted by molar-refractivity contribution is 5.85. The van der Waals surface area contributed by atoms with Crippen LogP contribution < -0.4 is 16.4 Å². The zero-order chi connectivity index (χ0) is 12.1. The molecule has 1 saturated carbocycles. The fraction of sp³-hybridized carbons (Fsp3) is 0.818. The molecule has 0 aromatic rings. The van der Waals surface area contributed by atoms with Crippen molar-refractivity contribution >= 4 is 11.8 Å². The second kappa shape index (κ2) is 5.84. The topological polar surface area (TPSA) is 84.2 Å². The number of rotatable bonds is 4. The monoisotopic (exact) mass is 227 g/mol. The molecule has 2 amide bonds. The lowest BCUT2D eigenvalue weighted by molar-refractivity contribution is -0.125. The maximum atomic E-state index is 11.5. The minimum atomic E-state index is -0.303. The lowest BCUT2D eigenvalue weighted by Crippen LogP contribution is -2.44. The summed E-state index contributed by atoms with van der Waals surface area (Å²) in [6.45, 7) is 4.30. The van der Waals surface area contributed by atoms with E-state index in [0.717, 1.165) is 12.8 Å². The van der Waals surface area contributed by atoms with Gasteiger partial charge in [-0.1, -0.05) is 13.8 Å². The van der Waals surface area contributed by atoms with Crippen LogP contribution in [0.25, 0.3) is 0 Å². The Morgan fingerprint density at radius 3 is 2.44 bits per heavy atom. The molecule has 1 aliphatic carbocycles. The first-order valence-corrected chi connectivity index (χ1v) is 5.80. The molecule has 1 aliphatic rings. The maximum absolute atomic E-state index is 11.5.